The van der Waals surface area contributed by atoms with Gasteiger partial charge in [0, 0.05) is 0 Å². The van der Waals surface area contributed by atoms with Gasteiger partial charge in [-0.05, 0) is 25.2 Å². The van der Waals surface area contributed by atoms with E-state index >= 15 is 0 Å². The molecule has 0 spiro atoms. The molecule has 0 radical (unpaired) electrons. The first kappa shape index (κ1) is 8.29. The third-order valence-corrected chi connectivity index (χ3v) is 1.78. The molecule has 0 amide bonds. The van der Waals surface area contributed by atoms with E-state index in [1.165, 1.54) is 0 Å². The van der Waals surface area contributed by atoms with Gasteiger partial charge in [0.05, 0.1) is 5.69 Å². The summed E-state index contributed by atoms with van der Waals surface area (Å²) < 4.78 is 5.32. The smallest absolute Gasteiger partial charge is 0.208 e. The molecule has 1 aromatic carbocycles. The maximum atomic E-state index is 5.32. The zero-order chi connectivity index (χ0) is 8.10. The van der Waals surface area contributed by atoms with Crippen LogP contribution in [0.4, 0.5) is 5.69 Å². The number of rotatable bonds is 3. The molecule has 1 rings (SSSR count). The van der Waals surface area contributed by atoms with Crippen LogP contribution in [0.2, 0.25) is 13.1 Å². The third-order valence-electron chi connectivity index (χ3n) is 1.19. The van der Waals surface area contributed by atoms with Crippen LogP contribution in [-0.4, -0.2) is 9.04 Å². The van der Waals surface area contributed by atoms with E-state index in [4.69, 9.17) is 4.53 Å². The standard InChI is InChI=1S/C8H13NOSi/c1-11(2)10-9-8-6-4-3-5-7-8/h3-7,9,11H,1-2H3. The summed E-state index contributed by atoms with van der Waals surface area (Å²) in [4.78, 5) is 0. The molecular formula is C8H13NOSi. The molecule has 0 saturated carbocycles. The van der Waals surface area contributed by atoms with Crippen LogP contribution in [0.5, 0.6) is 0 Å². The summed E-state index contributed by atoms with van der Waals surface area (Å²) in [7, 11) is -0.951. The minimum absolute atomic E-state index is 0.951. The molecule has 60 valence electrons. The van der Waals surface area contributed by atoms with Gasteiger partial charge in [-0.1, -0.05) is 18.2 Å². The van der Waals surface area contributed by atoms with Crippen LogP contribution < -0.4 is 5.48 Å². The number of hydrogen-bond donors (Lipinski definition) is 1. The highest BCUT2D eigenvalue weighted by molar-refractivity contribution is 6.48. The first-order valence-corrected chi connectivity index (χ1v) is 6.54. The highest BCUT2D eigenvalue weighted by atomic mass is 28.3. The summed E-state index contributed by atoms with van der Waals surface area (Å²) in [5.74, 6) is 0. The zero-order valence-electron chi connectivity index (χ0n) is 6.87. The Morgan fingerprint density at radius 3 is 2.36 bits per heavy atom. The summed E-state index contributed by atoms with van der Waals surface area (Å²) >= 11 is 0. The Labute approximate surface area is 68.9 Å². The van der Waals surface area contributed by atoms with Crippen molar-refractivity contribution in [3.63, 3.8) is 0 Å². The van der Waals surface area contributed by atoms with Crippen molar-refractivity contribution in [1.29, 1.82) is 0 Å². The van der Waals surface area contributed by atoms with Crippen molar-refractivity contribution in [2.24, 2.45) is 0 Å². The molecule has 0 fully saturated rings. The van der Waals surface area contributed by atoms with Gasteiger partial charge in [-0.3, -0.25) is 5.48 Å². The van der Waals surface area contributed by atoms with Gasteiger partial charge in [0.15, 0.2) is 0 Å². The Balaban J connectivity index is 2.39. The molecule has 0 aliphatic heterocycles. The van der Waals surface area contributed by atoms with Gasteiger partial charge in [-0.2, -0.15) is 0 Å². The van der Waals surface area contributed by atoms with Crippen molar-refractivity contribution in [2.75, 3.05) is 5.48 Å². The summed E-state index contributed by atoms with van der Waals surface area (Å²) in [6, 6.07) is 9.91. The molecule has 11 heavy (non-hydrogen) atoms. The summed E-state index contributed by atoms with van der Waals surface area (Å²) in [6.45, 7) is 4.24. The van der Waals surface area contributed by atoms with Gasteiger partial charge < -0.3 is 4.53 Å². The Hall–Kier alpha value is -0.803. The first-order chi connectivity index (χ1) is 5.29. The fraction of sp³-hybridized carbons (Fsp3) is 0.250. The van der Waals surface area contributed by atoms with Crippen molar-refractivity contribution in [2.45, 2.75) is 13.1 Å². The highest BCUT2D eigenvalue weighted by Crippen LogP contribution is 2.04. The molecule has 0 aliphatic carbocycles. The van der Waals surface area contributed by atoms with Crippen LogP contribution >= 0.6 is 0 Å². The number of benzene rings is 1. The molecular weight excluding hydrogens is 154 g/mol. The van der Waals surface area contributed by atoms with Gasteiger partial charge >= 0.3 is 0 Å². The summed E-state index contributed by atoms with van der Waals surface area (Å²) in [6.07, 6.45) is 0. The minimum Gasteiger partial charge on any atom is -0.326 e. The SMILES string of the molecule is C[SiH](C)ONc1ccccc1. The second-order valence-corrected chi connectivity index (χ2v) is 4.97. The molecule has 1 aromatic rings. The van der Waals surface area contributed by atoms with E-state index in [1.54, 1.807) is 0 Å². The van der Waals surface area contributed by atoms with Crippen molar-refractivity contribution >= 4 is 14.7 Å². The first-order valence-electron chi connectivity index (χ1n) is 3.76. The third kappa shape index (κ3) is 3.20. The van der Waals surface area contributed by atoms with E-state index in [-0.39, 0.29) is 0 Å². The number of hydrogen-bond acceptors (Lipinski definition) is 2. The molecule has 3 heteroatoms. The maximum absolute atomic E-state index is 5.32. The topological polar surface area (TPSA) is 21.3 Å². The lowest BCUT2D eigenvalue weighted by molar-refractivity contribution is 0.419. The van der Waals surface area contributed by atoms with Crippen molar-refractivity contribution in [3.05, 3.63) is 30.3 Å². The van der Waals surface area contributed by atoms with Crippen molar-refractivity contribution < 1.29 is 4.53 Å². The molecule has 1 N–H and O–H groups in total. The van der Waals surface area contributed by atoms with Gasteiger partial charge in [-0.25, -0.2) is 0 Å². The molecule has 2 nitrogen and oxygen atoms in total. The van der Waals surface area contributed by atoms with Gasteiger partial charge in [0.2, 0.25) is 9.04 Å². The van der Waals surface area contributed by atoms with E-state index in [1.807, 2.05) is 30.3 Å². The van der Waals surface area contributed by atoms with Crippen LogP contribution in [-0.2, 0) is 4.53 Å². The van der Waals surface area contributed by atoms with Crippen LogP contribution in [0.25, 0.3) is 0 Å². The lowest BCUT2D eigenvalue weighted by Gasteiger charge is -2.08. The zero-order valence-corrected chi connectivity index (χ0v) is 8.03. The number of nitrogens with one attached hydrogen (secondary N) is 1. The Kier molecular flexibility index (Phi) is 3.13. The van der Waals surface area contributed by atoms with E-state index in [0.29, 0.717) is 0 Å². The van der Waals surface area contributed by atoms with Gasteiger partial charge in [-0.15, -0.1) is 0 Å². The second-order valence-electron chi connectivity index (χ2n) is 2.63. The van der Waals surface area contributed by atoms with Gasteiger partial charge in [0.1, 0.15) is 0 Å². The Morgan fingerprint density at radius 1 is 1.18 bits per heavy atom. The molecule has 0 aromatic heterocycles. The molecule has 0 saturated heterocycles. The molecule has 0 aliphatic rings. The highest BCUT2D eigenvalue weighted by Gasteiger charge is 1.94. The fourth-order valence-electron chi connectivity index (χ4n) is 0.692. The number of anilines is 1. The lowest BCUT2D eigenvalue weighted by atomic mass is 10.3. The van der Waals surface area contributed by atoms with Crippen LogP contribution in [0.1, 0.15) is 0 Å². The Bertz CT molecular complexity index is 201. The van der Waals surface area contributed by atoms with E-state index < -0.39 is 9.04 Å². The van der Waals surface area contributed by atoms with Crippen LogP contribution in [0.3, 0.4) is 0 Å². The van der Waals surface area contributed by atoms with Crippen LogP contribution in [0.15, 0.2) is 30.3 Å². The molecule has 0 bridgehead atoms. The second kappa shape index (κ2) is 4.15. The molecule has 0 heterocycles. The molecule has 0 atom stereocenters. The average molecular weight is 167 g/mol. The van der Waals surface area contributed by atoms with E-state index in [0.717, 1.165) is 5.69 Å². The summed E-state index contributed by atoms with van der Waals surface area (Å²) in [5.41, 5.74) is 3.93. The normalized spacial score (nSPS) is 10.1. The van der Waals surface area contributed by atoms with E-state index in [9.17, 15) is 0 Å². The molecule has 0 unspecified atom stereocenters. The van der Waals surface area contributed by atoms with Gasteiger partial charge in [0.25, 0.3) is 0 Å². The Morgan fingerprint density at radius 2 is 1.82 bits per heavy atom. The average Bonchev–Trinajstić information content (AvgIpc) is 2.03. The largest absolute Gasteiger partial charge is 0.326 e. The fourth-order valence-corrected chi connectivity index (χ4v) is 1.06. The van der Waals surface area contributed by atoms with Crippen LogP contribution in [0, 0.1) is 0 Å². The van der Waals surface area contributed by atoms with E-state index in [2.05, 4.69) is 18.6 Å². The van der Waals surface area contributed by atoms with Crippen molar-refractivity contribution in [1.82, 2.24) is 0 Å². The monoisotopic (exact) mass is 167 g/mol. The predicted octanol–water partition coefficient (Wildman–Crippen LogP) is 2.01. The minimum atomic E-state index is -0.951. The predicted molar refractivity (Wildman–Crippen MR) is 50.0 cm³/mol. The van der Waals surface area contributed by atoms with Crippen molar-refractivity contribution in [3.8, 4) is 0 Å². The lowest BCUT2D eigenvalue weighted by Crippen LogP contribution is -2.12. The number of para-hydroxylation sites is 1. The maximum Gasteiger partial charge on any atom is 0.208 e. The summed E-state index contributed by atoms with van der Waals surface area (Å²) in [5, 5.41) is 0. The quantitative estimate of drug-likeness (QED) is 0.549.